The van der Waals surface area contributed by atoms with E-state index in [0.29, 0.717) is 0 Å². The van der Waals surface area contributed by atoms with Crippen LogP contribution in [-0.4, -0.2) is 11.7 Å². The lowest BCUT2D eigenvalue weighted by Crippen LogP contribution is -2.57. The third kappa shape index (κ3) is 2.00. The van der Waals surface area contributed by atoms with Crippen LogP contribution in [-0.2, 0) is 0 Å². The van der Waals surface area contributed by atoms with E-state index < -0.39 is 5.66 Å². The number of benzene rings is 1. The SMILES string of the molecule is CC(C)(C)C1(C)NC(=O)N(c2ccccc2)N1. The molecule has 17 heavy (non-hydrogen) atoms. The summed E-state index contributed by atoms with van der Waals surface area (Å²) in [5.41, 5.74) is 3.57. The topological polar surface area (TPSA) is 44.4 Å². The number of carbonyl (C=O) groups is 1. The lowest BCUT2D eigenvalue weighted by molar-refractivity contribution is 0.155. The molecule has 4 heteroatoms. The molecule has 1 heterocycles. The van der Waals surface area contributed by atoms with E-state index in [4.69, 9.17) is 0 Å². The molecule has 1 aromatic carbocycles. The van der Waals surface area contributed by atoms with Crippen LogP contribution in [0.5, 0.6) is 0 Å². The summed E-state index contributed by atoms with van der Waals surface area (Å²) >= 11 is 0. The van der Waals surface area contributed by atoms with Crippen molar-refractivity contribution < 1.29 is 4.79 Å². The number of para-hydroxylation sites is 1. The van der Waals surface area contributed by atoms with Crippen molar-refractivity contribution in [3.8, 4) is 0 Å². The zero-order chi connectivity index (χ0) is 12.7. The monoisotopic (exact) mass is 233 g/mol. The number of amides is 2. The number of anilines is 1. The van der Waals surface area contributed by atoms with E-state index in [1.54, 1.807) is 5.01 Å². The molecule has 1 unspecified atom stereocenters. The number of nitrogens with zero attached hydrogens (tertiary/aromatic N) is 1. The van der Waals surface area contributed by atoms with Crippen molar-refractivity contribution in [2.45, 2.75) is 33.4 Å². The van der Waals surface area contributed by atoms with Crippen molar-refractivity contribution in [2.24, 2.45) is 5.41 Å². The van der Waals surface area contributed by atoms with Gasteiger partial charge in [-0.2, -0.15) is 0 Å². The van der Waals surface area contributed by atoms with Gasteiger partial charge >= 0.3 is 6.03 Å². The van der Waals surface area contributed by atoms with Gasteiger partial charge in [0.1, 0.15) is 5.66 Å². The van der Waals surface area contributed by atoms with Crippen LogP contribution in [0.2, 0.25) is 0 Å². The van der Waals surface area contributed by atoms with E-state index in [-0.39, 0.29) is 11.4 Å². The second-order valence-corrected chi connectivity index (χ2v) is 5.59. The Morgan fingerprint density at radius 3 is 2.24 bits per heavy atom. The van der Waals surface area contributed by atoms with Crippen LogP contribution in [0, 0.1) is 5.41 Å². The predicted octanol–water partition coefficient (Wildman–Crippen LogP) is 2.48. The van der Waals surface area contributed by atoms with Crippen LogP contribution in [0.15, 0.2) is 30.3 Å². The summed E-state index contributed by atoms with van der Waals surface area (Å²) in [5, 5.41) is 4.56. The summed E-state index contributed by atoms with van der Waals surface area (Å²) in [6, 6.07) is 9.45. The third-order valence-electron chi connectivity index (χ3n) is 3.41. The number of urea groups is 1. The molecule has 0 bridgehead atoms. The van der Waals surface area contributed by atoms with Crippen LogP contribution < -0.4 is 15.8 Å². The maximum absolute atomic E-state index is 12.0. The van der Waals surface area contributed by atoms with Gasteiger partial charge in [-0.05, 0) is 24.5 Å². The highest BCUT2D eigenvalue weighted by Crippen LogP contribution is 2.32. The Hall–Kier alpha value is -1.55. The van der Waals surface area contributed by atoms with Gasteiger partial charge in [0.25, 0.3) is 0 Å². The molecule has 1 atom stereocenters. The first-order chi connectivity index (χ1) is 7.83. The minimum Gasteiger partial charge on any atom is -0.317 e. The van der Waals surface area contributed by atoms with Crippen molar-refractivity contribution in [1.82, 2.24) is 10.7 Å². The number of hydrogen-bond donors (Lipinski definition) is 2. The molecule has 0 saturated carbocycles. The molecule has 4 nitrogen and oxygen atoms in total. The van der Waals surface area contributed by atoms with Crippen LogP contribution in [0.3, 0.4) is 0 Å². The zero-order valence-corrected chi connectivity index (χ0v) is 10.7. The second kappa shape index (κ2) is 3.74. The summed E-state index contributed by atoms with van der Waals surface area (Å²) in [6.07, 6.45) is 0. The van der Waals surface area contributed by atoms with Crippen molar-refractivity contribution in [3.63, 3.8) is 0 Å². The molecule has 0 spiro atoms. The van der Waals surface area contributed by atoms with E-state index in [1.807, 2.05) is 37.3 Å². The summed E-state index contributed by atoms with van der Waals surface area (Å²) in [4.78, 5) is 12.0. The molecular weight excluding hydrogens is 214 g/mol. The second-order valence-electron chi connectivity index (χ2n) is 5.59. The van der Waals surface area contributed by atoms with Gasteiger partial charge in [0, 0.05) is 0 Å². The Bertz CT molecular complexity index is 424. The Morgan fingerprint density at radius 1 is 1.18 bits per heavy atom. The number of carbonyl (C=O) groups excluding carboxylic acids is 1. The molecule has 1 saturated heterocycles. The first-order valence-corrected chi connectivity index (χ1v) is 5.79. The first-order valence-electron chi connectivity index (χ1n) is 5.79. The Balaban J connectivity index is 2.28. The van der Waals surface area contributed by atoms with Gasteiger partial charge in [-0.15, -0.1) is 0 Å². The number of nitrogens with one attached hydrogen (secondary N) is 2. The molecule has 0 aromatic heterocycles. The lowest BCUT2D eigenvalue weighted by Gasteiger charge is -2.37. The van der Waals surface area contributed by atoms with Crippen molar-refractivity contribution in [1.29, 1.82) is 0 Å². The van der Waals surface area contributed by atoms with Crippen molar-refractivity contribution in [3.05, 3.63) is 30.3 Å². The summed E-state index contributed by atoms with van der Waals surface area (Å²) in [7, 11) is 0. The molecule has 2 N–H and O–H groups in total. The molecule has 2 amide bonds. The molecular formula is C13H19N3O. The minimum atomic E-state index is -0.445. The van der Waals surface area contributed by atoms with E-state index in [9.17, 15) is 4.79 Å². The van der Waals surface area contributed by atoms with Gasteiger partial charge in [0.2, 0.25) is 0 Å². The summed E-state index contributed by atoms with van der Waals surface area (Å²) in [6.45, 7) is 8.27. The lowest BCUT2D eigenvalue weighted by atomic mass is 9.82. The molecule has 92 valence electrons. The number of hydrazine groups is 1. The van der Waals surface area contributed by atoms with E-state index in [1.165, 1.54) is 0 Å². The van der Waals surface area contributed by atoms with Crippen LogP contribution >= 0.6 is 0 Å². The predicted molar refractivity (Wildman–Crippen MR) is 68.4 cm³/mol. The van der Waals surface area contributed by atoms with Gasteiger partial charge in [0.05, 0.1) is 5.69 Å². The van der Waals surface area contributed by atoms with Crippen LogP contribution in [0.1, 0.15) is 27.7 Å². The highest BCUT2D eigenvalue weighted by molar-refractivity contribution is 5.93. The largest absolute Gasteiger partial charge is 0.338 e. The van der Waals surface area contributed by atoms with Gasteiger partial charge in [-0.25, -0.2) is 15.2 Å². The Morgan fingerprint density at radius 2 is 1.76 bits per heavy atom. The molecule has 1 aliphatic rings. The van der Waals surface area contributed by atoms with Crippen LogP contribution in [0.25, 0.3) is 0 Å². The third-order valence-corrected chi connectivity index (χ3v) is 3.41. The molecule has 0 radical (unpaired) electrons. The molecule has 1 fully saturated rings. The number of rotatable bonds is 1. The fourth-order valence-electron chi connectivity index (χ4n) is 1.69. The van der Waals surface area contributed by atoms with Gasteiger partial charge < -0.3 is 5.32 Å². The highest BCUT2D eigenvalue weighted by atomic mass is 16.2. The molecule has 1 aromatic rings. The van der Waals surface area contributed by atoms with Crippen molar-refractivity contribution >= 4 is 11.7 Å². The quantitative estimate of drug-likeness (QED) is 0.782. The van der Waals surface area contributed by atoms with Crippen molar-refractivity contribution in [2.75, 3.05) is 5.01 Å². The molecule has 1 aliphatic heterocycles. The van der Waals surface area contributed by atoms with E-state index in [0.717, 1.165) is 5.69 Å². The molecule has 2 rings (SSSR count). The van der Waals surface area contributed by atoms with Gasteiger partial charge in [-0.3, -0.25) is 0 Å². The smallest absolute Gasteiger partial charge is 0.317 e. The fraction of sp³-hybridized carbons (Fsp3) is 0.462. The fourth-order valence-corrected chi connectivity index (χ4v) is 1.69. The van der Waals surface area contributed by atoms with E-state index >= 15 is 0 Å². The average Bonchev–Trinajstić information content (AvgIpc) is 2.56. The standard InChI is InChI=1S/C13H19N3O/c1-12(2,3)13(4)14-11(17)16(15-13)10-8-6-5-7-9-10/h5-9,15H,1-4H3,(H,14,17). The normalized spacial score (nSPS) is 24.9. The number of hydrogen-bond acceptors (Lipinski definition) is 2. The average molecular weight is 233 g/mol. The first kappa shape index (κ1) is 11.9. The highest BCUT2D eigenvalue weighted by Gasteiger charge is 2.46. The van der Waals surface area contributed by atoms with E-state index in [2.05, 4.69) is 31.5 Å². The summed E-state index contributed by atoms with van der Waals surface area (Å²) < 4.78 is 0. The summed E-state index contributed by atoms with van der Waals surface area (Å²) in [5.74, 6) is 0. The minimum absolute atomic E-state index is 0.0772. The van der Waals surface area contributed by atoms with Crippen LogP contribution in [0.4, 0.5) is 10.5 Å². The maximum atomic E-state index is 12.0. The Labute approximate surface area is 102 Å². The maximum Gasteiger partial charge on any atom is 0.338 e. The van der Waals surface area contributed by atoms with Gasteiger partial charge in [-0.1, -0.05) is 39.0 Å². The van der Waals surface area contributed by atoms with Gasteiger partial charge in [0.15, 0.2) is 0 Å². The zero-order valence-electron chi connectivity index (χ0n) is 10.7. The Kier molecular flexibility index (Phi) is 2.62. The molecule has 0 aliphatic carbocycles.